The number of aryl methyl sites for hydroxylation is 1. The lowest BCUT2D eigenvalue weighted by molar-refractivity contribution is 0.0693. The van der Waals surface area contributed by atoms with Gasteiger partial charge in [0.1, 0.15) is 11.3 Å². The first-order valence-corrected chi connectivity index (χ1v) is 4.26. The second-order valence-corrected chi connectivity index (χ2v) is 3.06. The molecule has 74 valence electrons. The summed E-state index contributed by atoms with van der Waals surface area (Å²) in [5, 5.41) is 18.4. The number of hydrogen-bond acceptors (Lipinski definition) is 2. The van der Waals surface area contributed by atoms with Crippen molar-refractivity contribution in [1.82, 2.24) is 0 Å². The summed E-state index contributed by atoms with van der Waals surface area (Å²) in [4.78, 5) is 10.7. The molecular weight excluding hydrogens is 180 g/mol. The van der Waals surface area contributed by atoms with Gasteiger partial charge >= 0.3 is 5.97 Å². The first-order chi connectivity index (χ1) is 6.56. The summed E-state index contributed by atoms with van der Waals surface area (Å²) < 4.78 is 0. The standard InChI is InChI=1S/C11H12O3/c1-3-4-8-5-7(2)6-9(10(8)12)11(13)14/h3-6,12H,1-2H3,(H,13,14). The average molecular weight is 192 g/mol. The van der Waals surface area contributed by atoms with Crippen LogP contribution in [0.15, 0.2) is 18.2 Å². The molecule has 0 unspecified atom stereocenters. The molecule has 14 heavy (non-hydrogen) atoms. The molecular formula is C11H12O3. The molecule has 0 atom stereocenters. The zero-order valence-electron chi connectivity index (χ0n) is 8.11. The number of carbonyl (C=O) groups is 1. The maximum absolute atomic E-state index is 10.7. The third-order valence-electron chi connectivity index (χ3n) is 1.86. The Labute approximate surface area is 82.3 Å². The minimum atomic E-state index is -1.11. The first kappa shape index (κ1) is 10.3. The van der Waals surface area contributed by atoms with Gasteiger partial charge in [-0.1, -0.05) is 12.2 Å². The Morgan fingerprint density at radius 3 is 2.57 bits per heavy atom. The Morgan fingerprint density at radius 2 is 2.07 bits per heavy atom. The summed E-state index contributed by atoms with van der Waals surface area (Å²) in [6.45, 7) is 3.60. The van der Waals surface area contributed by atoms with Gasteiger partial charge in [0.15, 0.2) is 0 Å². The molecule has 1 rings (SSSR count). The smallest absolute Gasteiger partial charge is 0.339 e. The van der Waals surface area contributed by atoms with E-state index in [2.05, 4.69) is 0 Å². The van der Waals surface area contributed by atoms with Gasteiger partial charge in [0.25, 0.3) is 0 Å². The van der Waals surface area contributed by atoms with Crippen LogP contribution in [0.5, 0.6) is 5.75 Å². The van der Waals surface area contributed by atoms with Crippen LogP contribution in [-0.2, 0) is 0 Å². The molecule has 0 bridgehead atoms. The van der Waals surface area contributed by atoms with Crippen LogP contribution in [0.3, 0.4) is 0 Å². The molecule has 0 amide bonds. The van der Waals surface area contributed by atoms with E-state index < -0.39 is 5.97 Å². The van der Waals surface area contributed by atoms with Crippen LogP contribution in [-0.4, -0.2) is 16.2 Å². The number of aromatic carboxylic acids is 1. The molecule has 0 aromatic heterocycles. The molecule has 0 aliphatic rings. The maximum atomic E-state index is 10.7. The van der Waals surface area contributed by atoms with E-state index in [9.17, 15) is 9.90 Å². The lowest BCUT2D eigenvalue weighted by atomic mass is 10.0. The fraction of sp³-hybridized carbons (Fsp3) is 0.182. The largest absolute Gasteiger partial charge is 0.506 e. The topological polar surface area (TPSA) is 57.5 Å². The van der Waals surface area contributed by atoms with Gasteiger partial charge in [0.05, 0.1) is 0 Å². The molecule has 1 aromatic rings. The number of carboxylic acid groups (broad SMARTS) is 1. The minimum absolute atomic E-state index is 0.0573. The van der Waals surface area contributed by atoms with Gasteiger partial charge in [0.2, 0.25) is 0 Å². The number of rotatable bonds is 2. The summed E-state index contributed by atoms with van der Waals surface area (Å²) in [6.07, 6.45) is 3.43. The lowest BCUT2D eigenvalue weighted by Crippen LogP contribution is -1.98. The van der Waals surface area contributed by atoms with Gasteiger partial charge in [-0.15, -0.1) is 0 Å². The highest BCUT2D eigenvalue weighted by atomic mass is 16.4. The zero-order chi connectivity index (χ0) is 10.7. The Hall–Kier alpha value is -1.77. The van der Waals surface area contributed by atoms with E-state index in [0.29, 0.717) is 5.56 Å². The normalized spacial score (nSPS) is 10.7. The summed E-state index contributed by atoms with van der Waals surface area (Å²) in [7, 11) is 0. The average Bonchev–Trinajstić information content (AvgIpc) is 2.10. The van der Waals surface area contributed by atoms with Gasteiger partial charge in [-0.2, -0.15) is 0 Å². The summed E-state index contributed by atoms with van der Waals surface area (Å²) >= 11 is 0. The van der Waals surface area contributed by atoms with Crippen molar-refractivity contribution in [2.75, 3.05) is 0 Å². The number of benzene rings is 1. The SMILES string of the molecule is CC=Cc1cc(C)cc(C(=O)O)c1O. The van der Waals surface area contributed by atoms with E-state index in [1.165, 1.54) is 6.07 Å². The van der Waals surface area contributed by atoms with Crippen molar-refractivity contribution in [2.24, 2.45) is 0 Å². The van der Waals surface area contributed by atoms with Gasteiger partial charge < -0.3 is 10.2 Å². The van der Waals surface area contributed by atoms with Crippen molar-refractivity contribution in [2.45, 2.75) is 13.8 Å². The molecule has 3 nitrogen and oxygen atoms in total. The van der Waals surface area contributed by atoms with E-state index in [1.807, 2.05) is 6.92 Å². The number of aromatic hydroxyl groups is 1. The quantitative estimate of drug-likeness (QED) is 0.756. The Kier molecular flexibility index (Phi) is 2.92. The van der Waals surface area contributed by atoms with Gasteiger partial charge in [0, 0.05) is 5.56 Å². The highest BCUT2D eigenvalue weighted by Gasteiger charge is 2.12. The second-order valence-electron chi connectivity index (χ2n) is 3.06. The van der Waals surface area contributed by atoms with Crippen LogP contribution in [0.1, 0.15) is 28.4 Å². The Bertz CT molecular complexity index is 392. The molecule has 0 saturated heterocycles. The fourth-order valence-corrected chi connectivity index (χ4v) is 1.28. The van der Waals surface area contributed by atoms with Crippen LogP contribution in [0, 0.1) is 6.92 Å². The van der Waals surface area contributed by atoms with E-state index >= 15 is 0 Å². The number of phenols is 1. The predicted molar refractivity (Wildman–Crippen MR) is 54.5 cm³/mol. The Morgan fingerprint density at radius 1 is 1.43 bits per heavy atom. The van der Waals surface area contributed by atoms with Crippen molar-refractivity contribution in [3.05, 3.63) is 34.9 Å². The second kappa shape index (κ2) is 3.96. The molecule has 0 fully saturated rings. The van der Waals surface area contributed by atoms with Crippen LogP contribution in [0.25, 0.3) is 6.08 Å². The van der Waals surface area contributed by atoms with E-state index in [4.69, 9.17) is 5.11 Å². The van der Waals surface area contributed by atoms with Gasteiger partial charge in [-0.05, 0) is 31.5 Å². The Balaban J connectivity index is 3.39. The number of hydrogen-bond donors (Lipinski definition) is 2. The minimum Gasteiger partial charge on any atom is -0.506 e. The highest BCUT2D eigenvalue weighted by molar-refractivity contribution is 5.92. The molecule has 0 aliphatic carbocycles. The number of carboxylic acids is 1. The first-order valence-electron chi connectivity index (χ1n) is 4.26. The van der Waals surface area contributed by atoms with Gasteiger partial charge in [-0.3, -0.25) is 0 Å². The van der Waals surface area contributed by atoms with Crippen LogP contribution < -0.4 is 0 Å². The highest BCUT2D eigenvalue weighted by Crippen LogP contribution is 2.25. The lowest BCUT2D eigenvalue weighted by Gasteiger charge is -2.05. The fourth-order valence-electron chi connectivity index (χ4n) is 1.28. The van der Waals surface area contributed by atoms with Crippen molar-refractivity contribution in [1.29, 1.82) is 0 Å². The van der Waals surface area contributed by atoms with Crippen molar-refractivity contribution < 1.29 is 15.0 Å². The van der Waals surface area contributed by atoms with Crippen molar-refractivity contribution >= 4 is 12.0 Å². The zero-order valence-corrected chi connectivity index (χ0v) is 8.11. The number of allylic oxidation sites excluding steroid dienone is 1. The van der Waals surface area contributed by atoms with Crippen LogP contribution in [0.4, 0.5) is 0 Å². The van der Waals surface area contributed by atoms with Crippen LogP contribution >= 0.6 is 0 Å². The molecule has 0 heterocycles. The molecule has 3 heteroatoms. The summed E-state index contributed by atoms with van der Waals surface area (Å²) in [5.74, 6) is -1.29. The molecule has 0 aliphatic heterocycles. The van der Waals surface area contributed by atoms with Crippen molar-refractivity contribution in [3.63, 3.8) is 0 Å². The monoisotopic (exact) mass is 192 g/mol. The third-order valence-corrected chi connectivity index (χ3v) is 1.86. The van der Waals surface area contributed by atoms with E-state index in [1.54, 1.807) is 25.1 Å². The summed E-state index contributed by atoms with van der Waals surface area (Å²) in [6, 6.07) is 3.19. The molecule has 0 radical (unpaired) electrons. The van der Waals surface area contributed by atoms with E-state index in [-0.39, 0.29) is 11.3 Å². The molecule has 1 aromatic carbocycles. The predicted octanol–water partition coefficient (Wildman–Crippen LogP) is 2.43. The third kappa shape index (κ3) is 1.93. The molecule has 2 N–H and O–H groups in total. The molecule has 0 spiro atoms. The maximum Gasteiger partial charge on any atom is 0.339 e. The van der Waals surface area contributed by atoms with E-state index in [0.717, 1.165) is 5.56 Å². The van der Waals surface area contributed by atoms with Gasteiger partial charge in [-0.25, -0.2) is 4.79 Å². The summed E-state index contributed by atoms with van der Waals surface area (Å²) in [5.41, 5.74) is 1.29. The molecule has 0 saturated carbocycles. The van der Waals surface area contributed by atoms with Crippen LogP contribution in [0.2, 0.25) is 0 Å². The van der Waals surface area contributed by atoms with Crippen molar-refractivity contribution in [3.8, 4) is 5.75 Å².